The summed E-state index contributed by atoms with van der Waals surface area (Å²) >= 11 is 0. The summed E-state index contributed by atoms with van der Waals surface area (Å²) in [4.78, 5) is 12.5. The standard InChI is InChI=1S/C15H32N2O/c1-9(2)13(7-16)11(5)15(18)12(6)14(8-17)10(3)4/h9-14H,7-8,16-17H2,1-6H3. The van der Waals surface area contributed by atoms with Crippen molar-refractivity contribution in [3.05, 3.63) is 0 Å². The van der Waals surface area contributed by atoms with Gasteiger partial charge in [-0.05, 0) is 36.8 Å². The molecular formula is C15H32N2O. The van der Waals surface area contributed by atoms with Crippen molar-refractivity contribution in [2.24, 2.45) is 47.0 Å². The molecule has 0 radical (unpaired) electrons. The molecule has 4 unspecified atom stereocenters. The Morgan fingerprint density at radius 1 is 0.778 bits per heavy atom. The summed E-state index contributed by atoms with van der Waals surface area (Å²) in [5.74, 6) is 1.79. The highest BCUT2D eigenvalue weighted by Gasteiger charge is 2.32. The lowest BCUT2D eigenvalue weighted by Crippen LogP contribution is -2.39. The van der Waals surface area contributed by atoms with Crippen molar-refractivity contribution in [3.8, 4) is 0 Å². The van der Waals surface area contributed by atoms with Gasteiger partial charge in [0.15, 0.2) is 0 Å². The fourth-order valence-corrected chi connectivity index (χ4v) is 2.94. The third-order valence-corrected chi connectivity index (χ3v) is 4.44. The molecule has 0 saturated carbocycles. The van der Waals surface area contributed by atoms with E-state index in [-0.39, 0.29) is 23.7 Å². The first-order chi connectivity index (χ1) is 8.27. The largest absolute Gasteiger partial charge is 0.330 e. The van der Waals surface area contributed by atoms with Crippen LogP contribution in [0.3, 0.4) is 0 Å². The lowest BCUT2D eigenvalue weighted by Gasteiger charge is -2.31. The Kier molecular flexibility index (Phi) is 7.72. The van der Waals surface area contributed by atoms with Crippen LogP contribution in [0.15, 0.2) is 0 Å². The molecule has 0 amide bonds. The van der Waals surface area contributed by atoms with Crippen molar-refractivity contribution < 1.29 is 4.79 Å². The first-order valence-electron chi connectivity index (χ1n) is 7.21. The van der Waals surface area contributed by atoms with Gasteiger partial charge in [0.05, 0.1) is 0 Å². The van der Waals surface area contributed by atoms with Crippen molar-refractivity contribution in [3.63, 3.8) is 0 Å². The van der Waals surface area contributed by atoms with E-state index in [2.05, 4.69) is 27.7 Å². The van der Waals surface area contributed by atoms with Crippen molar-refractivity contribution in [1.82, 2.24) is 0 Å². The summed E-state index contributed by atoms with van der Waals surface area (Å²) in [5, 5.41) is 0. The van der Waals surface area contributed by atoms with Gasteiger partial charge in [0.1, 0.15) is 5.78 Å². The van der Waals surface area contributed by atoms with Gasteiger partial charge in [-0.1, -0.05) is 41.5 Å². The summed E-state index contributed by atoms with van der Waals surface area (Å²) in [6.45, 7) is 13.7. The number of carbonyl (C=O) groups excluding carboxylic acids is 1. The minimum absolute atomic E-state index is 0.0257. The van der Waals surface area contributed by atoms with Crippen LogP contribution in [0.1, 0.15) is 41.5 Å². The average molecular weight is 256 g/mol. The summed E-state index contributed by atoms with van der Waals surface area (Å²) in [6, 6.07) is 0. The molecule has 3 heteroatoms. The fourth-order valence-electron chi connectivity index (χ4n) is 2.94. The fraction of sp³-hybridized carbons (Fsp3) is 0.933. The maximum absolute atomic E-state index is 12.5. The first-order valence-corrected chi connectivity index (χ1v) is 7.21. The minimum Gasteiger partial charge on any atom is -0.330 e. The van der Waals surface area contributed by atoms with Crippen LogP contribution in [0.2, 0.25) is 0 Å². The van der Waals surface area contributed by atoms with Gasteiger partial charge in [0.2, 0.25) is 0 Å². The maximum atomic E-state index is 12.5. The highest BCUT2D eigenvalue weighted by molar-refractivity contribution is 5.83. The van der Waals surface area contributed by atoms with E-state index >= 15 is 0 Å². The monoisotopic (exact) mass is 256 g/mol. The molecule has 0 aliphatic heterocycles. The van der Waals surface area contributed by atoms with E-state index in [1.807, 2.05) is 13.8 Å². The SMILES string of the molecule is CC(C)C(CN)C(C)C(=O)C(C)C(CN)C(C)C. The molecule has 0 rings (SSSR count). The molecule has 0 heterocycles. The molecule has 18 heavy (non-hydrogen) atoms. The summed E-state index contributed by atoms with van der Waals surface area (Å²) < 4.78 is 0. The third-order valence-electron chi connectivity index (χ3n) is 4.44. The van der Waals surface area contributed by atoms with Crippen LogP contribution < -0.4 is 11.5 Å². The first kappa shape index (κ1) is 17.6. The Morgan fingerprint density at radius 3 is 1.22 bits per heavy atom. The Labute approximate surface area is 113 Å². The van der Waals surface area contributed by atoms with E-state index in [1.165, 1.54) is 0 Å². The summed E-state index contributed by atoms with van der Waals surface area (Å²) in [6.07, 6.45) is 0. The topological polar surface area (TPSA) is 69.1 Å². The van der Waals surface area contributed by atoms with E-state index < -0.39 is 0 Å². The van der Waals surface area contributed by atoms with Crippen LogP contribution in [0.25, 0.3) is 0 Å². The van der Waals surface area contributed by atoms with E-state index in [1.54, 1.807) is 0 Å². The van der Waals surface area contributed by atoms with Gasteiger partial charge in [-0.15, -0.1) is 0 Å². The molecule has 0 bridgehead atoms. The number of rotatable bonds is 8. The Bertz CT molecular complexity index is 227. The van der Waals surface area contributed by atoms with Gasteiger partial charge in [0, 0.05) is 11.8 Å². The molecule has 4 N–H and O–H groups in total. The van der Waals surface area contributed by atoms with Gasteiger partial charge in [0.25, 0.3) is 0 Å². The van der Waals surface area contributed by atoms with Gasteiger partial charge >= 0.3 is 0 Å². The normalized spacial score (nSPS) is 18.8. The molecule has 0 aromatic rings. The molecule has 0 aromatic heterocycles. The van der Waals surface area contributed by atoms with Crippen molar-refractivity contribution in [2.45, 2.75) is 41.5 Å². The molecular weight excluding hydrogens is 224 g/mol. The molecule has 0 aromatic carbocycles. The second-order valence-electron chi connectivity index (χ2n) is 6.27. The second-order valence-corrected chi connectivity index (χ2v) is 6.27. The number of nitrogens with two attached hydrogens (primary N) is 2. The summed E-state index contributed by atoms with van der Waals surface area (Å²) in [7, 11) is 0. The van der Waals surface area contributed by atoms with Gasteiger partial charge in [-0.3, -0.25) is 4.79 Å². The maximum Gasteiger partial charge on any atom is 0.139 e. The van der Waals surface area contributed by atoms with Crippen LogP contribution in [0, 0.1) is 35.5 Å². The highest BCUT2D eigenvalue weighted by Crippen LogP contribution is 2.28. The zero-order chi connectivity index (χ0) is 14.5. The number of Topliss-reactive ketones (excluding diaryl/α,β-unsaturated/α-hetero) is 1. The zero-order valence-corrected chi connectivity index (χ0v) is 12.9. The smallest absolute Gasteiger partial charge is 0.139 e. The van der Waals surface area contributed by atoms with Crippen LogP contribution in [0.4, 0.5) is 0 Å². The Hall–Kier alpha value is -0.410. The van der Waals surface area contributed by atoms with Gasteiger partial charge in [-0.25, -0.2) is 0 Å². The van der Waals surface area contributed by atoms with Crippen LogP contribution in [0.5, 0.6) is 0 Å². The summed E-state index contributed by atoms with van der Waals surface area (Å²) in [5.41, 5.74) is 11.6. The zero-order valence-electron chi connectivity index (χ0n) is 12.9. The van der Waals surface area contributed by atoms with Crippen molar-refractivity contribution in [2.75, 3.05) is 13.1 Å². The lowest BCUT2D eigenvalue weighted by molar-refractivity contribution is -0.130. The lowest BCUT2D eigenvalue weighted by atomic mass is 9.73. The molecule has 4 atom stereocenters. The molecule has 0 fully saturated rings. The molecule has 0 spiro atoms. The number of hydrogen-bond donors (Lipinski definition) is 2. The molecule has 3 nitrogen and oxygen atoms in total. The number of hydrogen-bond acceptors (Lipinski definition) is 3. The molecule has 0 aliphatic rings. The predicted octanol–water partition coefficient (Wildman–Crippen LogP) is 2.29. The Balaban J connectivity index is 4.81. The third kappa shape index (κ3) is 4.36. The van der Waals surface area contributed by atoms with Gasteiger partial charge < -0.3 is 11.5 Å². The van der Waals surface area contributed by atoms with Gasteiger partial charge in [-0.2, -0.15) is 0 Å². The van der Waals surface area contributed by atoms with E-state index in [0.717, 1.165) is 0 Å². The van der Waals surface area contributed by atoms with Crippen LogP contribution in [-0.4, -0.2) is 18.9 Å². The number of carbonyl (C=O) groups is 1. The second kappa shape index (κ2) is 7.90. The van der Waals surface area contributed by atoms with Crippen LogP contribution in [-0.2, 0) is 4.79 Å². The molecule has 0 aliphatic carbocycles. The van der Waals surface area contributed by atoms with E-state index in [4.69, 9.17) is 11.5 Å². The highest BCUT2D eigenvalue weighted by atomic mass is 16.1. The number of ketones is 1. The minimum atomic E-state index is 0.0257. The van der Waals surface area contributed by atoms with Crippen molar-refractivity contribution in [1.29, 1.82) is 0 Å². The van der Waals surface area contributed by atoms with Crippen LogP contribution >= 0.6 is 0 Å². The van der Waals surface area contributed by atoms with E-state index in [9.17, 15) is 4.79 Å². The average Bonchev–Trinajstić information content (AvgIpc) is 2.28. The van der Waals surface area contributed by atoms with E-state index in [0.29, 0.717) is 30.7 Å². The quantitative estimate of drug-likeness (QED) is 0.700. The Morgan fingerprint density at radius 2 is 1.06 bits per heavy atom. The molecule has 108 valence electrons. The predicted molar refractivity (Wildman–Crippen MR) is 78.1 cm³/mol. The van der Waals surface area contributed by atoms with Crippen molar-refractivity contribution >= 4 is 5.78 Å². The molecule has 0 saturated heterocycles.